The number of fused-ring (bicyclic) bond motifs is 1. The normalized spacial score (nSPS) is 20.4. The molecule has 0 saturated heterocycles. The largest absolute Gasteiger partial charge is 0.467 e. The van der Waals surface area contributed by atoms with Crippen LogP contribution in [0.5, 0.6) is 0 Å². The van der Waals surface area contributed by atoms with E-state index in [1.165, 1.54) is 0 Å². The van der Waals surface area contributed by atoms with Crippen molar-refractivity contribution in [2.45, 2.75) is 12.2 Å². The molecule has 1 aliphatic heterocycles. The van der Waals surface area contributed by atoms with Crippen molar-refractivity contribution in [1.29, 1.82) is 0 Å². The van der Waals surface area contributed by atoms with Gasteiger partial charge in [-0.1, -0.05) is 0 Å². The Morgan fingerprint density at radius 1 is 1.50 bits per heavy atom. The number of hydrogen-bond donors (Lipinski definition) is 0. The fourth-order valence-electron chi connectivity index (χ4n) is 1.31. The van der Waals surface area contributed by atoms with E-state index in [1.54, 1.807) is 6.26 Å². The van der Waals surface area contributed by atoms with E-state index in [4.69, 9.17) is 4.42 Å². The minimum atomic E-state index is -2.90. The van der Waals surface area contributed by atoms with Gasteiger partial charge >= 0.3 is 0 Å². The molecule has 0 saturated carbocycles. The van der Waals surface area contributed by atoms with Gasteiger partial charge < -0.3 is 4.42 Å². The van der Waals surface area contributed by atoms with Crippen molar-refractivity contribution >= 4 is 25.8 Å². The third kappa shape index (κ3) is 1.31. The second kappa shape index (κ2) is 2.60. The minimum absolute atomic E-state index is 0.0495. The zero-order chi connectivity index (χ0) is 8.77. The molecule has 66 valence electrons. The molecule has 2 heterocycles. The second-order valence-electron chi connectivity index (χ2n) is 2.83. The molecular formula is C7H7BrO3S. The average Bonchev–Trinajstić information content (AvgIpc) is 2.30. The van der Waals surface area contributed by atoms with Crippen LogP contribution in [-0.2, 0) is 22.0 Å². The topological polar surface area (TPSA) is 47.3 Å². The van der Waals surface area contributed by atoms with Crippen molar-refractivity contribution in [1.82, 2.24) is 0 Å². The fraction of sp³-hybridized carbons (Fsp3) is 0.429. The first kappa shape index (κ1) is 8.31. The third-order valence-corrected chi connectivity index (χ3v) is 4.14. The maximum Gasteiger partial charge on any atom is 0.157 e. The van der Waals surface area contributed by atoms with Gasteiger partial charge in [0.25, 0.3) is 0 Å². The highest BCUT2D eigenvalue weighted by atomic mass is 79.9. The molecule has 0 N–H and O–H groups in total. The molecule has 0 atom stereocenters. The van der Waals surface area contributed by atoms with Gasteiger partial charge in [-0.15, -0.1) is 0 Å². The number of furan rings is 1. The van der Waals surface area contributed by atoms with Gasteiger partial charge in [0.2, 0.25) is 0 Å². The Balaban J connectivity index is 2.50. The monoisotopic (exact) mass is 250 g/mol. The van der Waals surface area contributed by atoms with Crippen LogP contribution < -0.4 is 0 Å². The van der Waals surface area contributed by atoms with Gasteiger partial charge in [-0.3, -0.25) is 0 Å². The Morgan fingerprint density at radius 2 is 2.25 bits per heavy atom. The SMILES string of the molecule is O=S1(=O)CCc2c(Br)coc2C1. The first-order valence-corrected chi connectivity index (χ1v) is 6.15. The third-order valence-electron chi connectivity index (χ3n) is 1.94. The van der Waals surface area contributed by atoms with Gasteiger partial charge in [0, 0.05) is 5.56 Å². The van der Waals surface area contributed by atoms with Gasteiger partial charge in [-0.2, -0.15) is 0 Å². The molecular weight excluding hydrogens is 244 g/mol. The number of hydrogen-bond acceptors (Lipinski definition) is 3. The van der Waals surface area contributed by atoms with E-state index in [0.717, 1.165) is 10.0 Å². The zero-order valence-corrected chi connectivity index (χ0v) is 8.61. The summed E-state index contributed by atoms with van der Waals surface area (Å²) in [5, 5.41) is 0. The lowest BCUT2D eigenvalue weighted by molar-refractivity contribution is 0.511. The molecule has 1 aromatic rings. The molecule has 12 heavy (non-hydrogen) atoms. The lowest BCUT2D eigenvalue weighted by atomic mass is 10.2. The Labute approximate surface area is 78.8 Å². The van der Waals surface area contributed by atoms with Crippen LogP contribution in [0.1, 0.15) is 11.3 Å². The first-order valence-electron chi connectivity index (χ1n) is 3.54. The quantitative estimate of drug-likeness (QED) is 0.702. The van der Waals surface area contributed by atoms with Crippen molar-refractivity contribution < 1.29 is 12.8 Å². The van der Waals surface area contributed by atoms with Crippen LogP contribution in [0.3, 0.4) is 0 Å². The number of rotatable bonds is 0. The van der Waals surface area contributed by atoms with Gasteiger partial charge in [0.15, 0.2) is 9.84 Å². The van der Waals surface area contributed by atoms with E-state index in [2.05, 4.69) is 15.9 Å². The molecule has 0 unspecified atom stereocenters. The van der Waals surface area contributed by atoms with Gasteiger partial charge in [-0.05, 0) is 22.4 Å². The molecule has 0 bridgehead atoms. The summed E-state index contributed by atoms with van der Waals surface area (Å²) in [4.78, 5) is 0. The van der Waals surface area contributed by atoms with E-state index < -0.39 is 9.84 Å². The molecule has 0 spiro atoms. The summed E-state index contributed by atoms with van der Waals surface area (Å²) < 4.78 is 28.3. The van der Waals surface area contributed by atoms with E-state index in [9.17, 15) is 8.42 Å². The van der Waals surface area contributed by atoms with Crippen LogP contribution in [0.15, 0.2) is 15.2 Å². The zero-order valence-electron chi connectivity index (χ0n) is 6.21. The molecule has 1 aromatic heterocycles. The van der Waals surface area contributed by atoms with Crippen molar-refractivity contribution in [2.24, 2.45) is 0 Å². The molecule has 0 radical (unpaired) electrons. The molecule has 2 rings (SSSR count). The van der Waals surface area contributed by atoms with Crippen LogP contribution in [0.4, 0.5) is 0 Å². The maximum absolute atomic E-state index is 11.1. The summed E-state index contributed by atoms with van der Waals surface area (Å²) >= 11 is 3.30. The Kier molecular flexibility index (Phi) is 1.80. The van der Waals surface area contributed by atoms with Crippen molar-refractivity contribution in [3.8, 4) is 0 Å². The standard InChI is InChI=1S/C7H7BrO3S/c8-6-3-11-7-4-12(9,10)2-1-5(6)7/h3H,1-2,4H2. The predicted octanol–water partition coefficient (Wildman–Crippen LogP) is 1.51. The minimum Gasteiger partial charge on any atom is -0.467 e. The Morgan fingerprint density at radius 3 is 3.00 bits per heavy atom. The summed E-state index contributed by atoms with van der Waals surface area (Å²) in [5.41, 5.74) is 1.00. The van der Waals surface area contributed by atoms with Crippen LogP contribution in [-0.4, -0.2) is 14.2 Å². The number of sulfone groups is 1. The average molecular weight is 251 g/mol. The first-order chi connectivity index (χ1) is 5.58. The van der Waals surface area contributed by atoms with Crippen molar-refractivity contribution in [2.75, 3.05) is 5.75 Å². The summed E-state index contributed by atoms with van der Waals surface area (Å²) in [7, 11) is -2.90. The second-order valence-corrected chi connectivity index (χ2v) is 5.87. The summed E-state index contributed by atoms with van der Waals surface area (Å²) in [6.07, 6.45) is 2.11. The van der Waals surface area contributed by atoms with Crippen LogP contribution >= 0.6 is 15.9 Å². The molecule has 0 fully saturated rings. The predicted molar refractivity (Wildman–Crippen MR) is 47.6 cm³/mol. The van der Waals surface area contributed by atoms with E-state index in [-0.39, 0.29) is 11.5 Å². The highest BCUT2D eigenvalue weighted by molar-refractivity contribution is 9.10. The Hall–Kier alpha value is -0.290. The highest BCUT2D eigenvalue weighted by Gasteiger charge is 2.25. The number of halogens is 1. The van der Waals surface area contributed by atoms with E-state index in [0.29, 0.717) is 12.2 Å². The van der Waals surface area contributed by atoms with Crippen LogP contribution in [0.2, 0.25) is 0 Å². The molecule has 3 nitrogen and oxygen atoms in total. The maximum atomic E-state index is 11.1. The lowest BCUT2D eigenvalue weighted by Gasteiger charge is -2.10. The van der Waals surface area contributed by atoms with Gasteiger partial charge in [-0.25, -0.2) is 8.42 Å². The van der Waals surface area contributed by atoms with Crippen molar-refractivity contribution in [3.05, 3.63) is 22.1 Å². The summed E-state index contributed by atoms with van der Waals surface area (Å²) in [5.74, 6) is 0.875. The van der Waals surface area contributed by atoms with Crippen LogP contribution in [0, 0.1) is 0 Å². The highest BCUT2D eigenvalue weighted by Crippen LogP contribution is 2.28. The molecule has 0 aromatic carbocycles. The summed E-state index contributed by atoms with van der Waals surface area (Å²) in [6, 6.07) is 0. The van der Waals surface area contributed by atoms with E-state index >= 15 is 0 Å². The van der Waals surface area contributed by atoms with E-state index in [1.807, 2.05) is 0 Å². The van der Waals surface area contributed by atoms with Crippen LogP contribution in [0.25, 0.3) is 0 Å². The molecule has 1 aliphatic rings. The Bertz CT molecular complexity index is 404. The van der Waals surface area contributed by atoms with Gasteiger partial charge in [0.1, 0.15) is 17.8 Å². The van der Waals surface area contributed by atoms with Crippen molar-refractivity contribution in [3.63, 3.8) is 0 Å². The lowest BCUT2D eigenvalue weighted by Crippen LogP contribution is -2.17. The smallest absolute Gasteiger partial charge is 0.157 e. The molecule has 0 aliphatic carbocycles. The fourth-order valence-corrected chi connectivity index (χ4v) is 3.12. The molecule has 5 heteroatoms. The molecule has 0 amide bonds. The summed E-state index contributed by atoms with van der Waals surface area (Å²) in [6.45, 7) is 0. The van der Waals surface area contributed by atoms with Gasteiger partial charge in [0.05, 0.1) is 10.2 Å².